The molecule has 3 heterocycles. The second-order valence-electron chi connectivity index (χ2n) is 9.18. The Balaban J connectivity index is 1.57. The molecular formula is C23H34N4O4S. The summed E-state index contributed by atoms with van der Waals surface area (Å²) in [7, 11) is 1.34. The predicted octanol–water partition coefficient (Wildman–Crippen LogP) is 3.03. The Labute approximate surface area is 194 Å². The maximum atomic E-state index is 13.0. The van der Waals surface area contributed by atoms with Crippen LogP contribution in [0.15, 0.2) is 23.4 Å². The standard InChI is InChI=1S/C23H34N4O4S/c1-16(2)14-18(21(29)31-3)25-22(30)27-13-9-23(15-27)7-11-26(12-8-23)20(28)17-6-5-10-24-19(17)32-4/h5-6,10,16,18H,7-9,11-15H2,1-4H3,(H,25,30). The Hall–Kier alpha value is -2.29. The molecule has 32 heavy (non-hydrogen) atoms. The number of nitrogens with one attached hydrogen (secondary N) is 1. The van der Waals surface area contributed by atoms with Crippen LogP contribution in [0.4, 0.5) is 4.79 Å². The number of esters is 1. The molecular weight excluding hydrogens is 428 g/mol. The maximum absolute atomic E-state index is 13.0. The van der Waals surface area contributed by atoms with Gasteiger partial charge in [-0.2, -0.15) is 0 Å². The fourth-order valence-corrected chi connectivity index (χ4v) is 5.20. The van der Waals surface area contributed by atoms with Gasteiger partial charge in [0.2, 0.25) is 0 Å². The third kappa shape index (κ3) is 5.54. The van der Waals surface area contributed by atoms with Crippen molar-refractivity contribution in [1.29, 1.82) is 0 Å². The van der Waals surface area contributed by atoms with E-state index in [0.717, 1.165) is 24.3 Å². The van der Waals surface area contributed by atoms with Gasteiger partial charge < -0.3 is 19.9 Å². The number of pyridine rings is 1. The molecule has 176 valence electrons. The summed E-state index contributed by atoms with van der Waals surface area (Å²) in [6.45, 7) is 6.68. The summed E-state index contributed by atoms with van der Waals surface area (Å²) in [5.41, 5.74) is 0.687. The molecule has 0 aliphatic carbocycles. The van der Waals surface area contributed by atoms with Gasteiger partial charge in [0.25, 0.3) is 5.91 Å². The van der Waals surface area contributed by atoms with Gasteiger partial charge in [-0.05, 0) is 55.4 Å². The average molecular weight is 463 g/mol. The molecule has 0 aromatic carbocycles. The molecule has 3 amide bonds. The molecule has 1 aromatic rings. The highest BCUT2D eigenvalue weighted by molar-refractivity contribution is 7.98. The van der Waals surface area contributed by atoms with Gasteiger partial charge >= 0.3 is 12.0 Å². The van der Waals surface area contributed by atoms with Gasteiger partial charge in [-0.3, -0.25) is 4.79 Å². The molecule has 9 heteroatoms. The van der Waals surface area contributed by atoms with Crippen molar-refractivity contribution in [3.63, 3.8) is 0 Å². The molecule has 1 atom stereocenters. The molecule has 8 nitrogen and oxygen atoms in total. The molecule has 3 rings (SSSR count). The maximum Gasteiger partial charge on any atom is 0.328 e. The smallest absolute Gasteiger partial charge is 0.328 e. The average Bonchev–Trinajstić information content (AvgIpc) is 3.21. The topological polar surface area (TPSA) is 91.8 Å². The lowest BCUT2D eigenvalue weighted by atomic mass is 9.77. The fraction of sp³-hybridized carbons (Fsp3) is 0.652. The Morgan fingerprint density at radius 1 is 1.19 bits per heavy atom. The minimum absolute atomic E-state index is 0.0273. The molecule has 0 bridgehead atoms. The summed E-state index contributed by atoms with van der Waals surface area (Å²) in [6.07, 6.45) is 6.82. The monoisotopic (exact) mass is 462 g/mol. The van der Waals surface area contributed by atoms with Crippen molar-refractivity contribution in [3.05, 3.63) is 23.9 Å². The van der Waals surface area contributed by atoms with E-state index in [2.05, 4.69) is 10.3 Å². The lowest BCUT2D eigenvalue weighted by molar-refractivity contribution is -0.143. The van der Waals surface area contributed by atoms with Crippen molar-refractivity contribution in [2.24, 2.45) is 11.3 Å². The molecule has 1 N–H and O–H groups in total. The number of urea groups is 1. The Morgan fingerprint density at radius 3 is 2.44 bits per heavy atom. The molecule has 0 saturated carbocycles. The molecule has 0 radical (unpaired) electrons. The van der Waals surface area contributed by atoms with Crippen LogP contribution in [0.2, 0.25) is 0 Å². The van der Waals surface area contributed by atoms with E-state index in [1.165, 1.54) is 18.9 Å². The molecule has 1 spiro atoms. The third-order valence-corrected chi connectivity index (χ3v) is 7.23. The summed E-state index contributed by atoms with van der Waals surface area (Å²) in [5, 5.41) is 3.62. The highest BCUT2D eigenvalue weighted by Crippen LogP contribution is 2.40. The van der Waals surface area contributed by atoms with Crippen LogP contribution in [0.25, 0.3) is 0 Å². The first kappa shape index (κ1) is 24.4. The van der Waals surface area contributed by atoms with Gasteiger partial charge in [-0.1, -0.05) is 13.8 Å². The van der Waals surface area contributed by atoms with Gasteiger partial charge in [0.15, 0.2) is 0 Å². The second-order valence-corrected chi connectivity index (χ2v) is 9.97. The number of hydrogen-bond donors (Lipinski definition) is 1. The summed E-state index contributed by atoms with van der Waals surface area (Å²) < 4.78 is 4.86. The molecule has 1 aromatic heterocycles. The van der Waals surface area contributed by atoms with E-state index in [9.17, 15) is 14.4 Å². The fourth-order valence-electron chi connectivity index (χ4n) is 4.66. The number of aromatic nitrogens is 1. The summed E-state index contributed by atoms with van der Waals surface area (Å²) in [4.78, 5) is 45.9. The number of piperidine rings is 1. The zero-order valence-corrected chi connectivity index (χ0v) is 20.2. The Kier molecular flexibility index (Phi) is 8.03. The third-order valence-electron chi connectivity index (χ3n) is 6.52. The molecule has 2 aliphatic rings. The number of carbonyl (C=O) groups excluding carboxylic acids is 3. The van der Waals surface area contributed by atoms with E-state index >= 15 is 0 Å². The van der Waals surface area contributed by atoms with Crippen molar-refractivity contribution in [2.45, 2.75) is 50.6 Å². The lowest BCUT2D eigenvalue weighted by Crippen LogP contribution is -2.49. The number of ether oxygens (including phenoxy) is 1. The zero-order valence-electron chi connectivity index (χ0n) is 19.4. The molecule has 1 unspecified atom stereocenters. The highest BCUT2D eigenvalue weighted by Gasteiger charge is 2.43. The molecule has 2 saturated heterocycles. The van der Waals surface area contributed by atoms with Crippen LogP contribution in [0.3, 0.4) is 0 Å². The minimum atomic E-state index is -0.631. The first-order valence-corrected chi connectivity index (χ1v) is 12.4. The minimum Gasteiger partial charge on any atom is -0.467 e. The summed E-state index contributed by atoms with van der Waals surface area (Å²) in [5.74, 6) is -0.120. The summed E-state index contributed by atoms with van der Waals surface area (Å²) in [6, 6.07) is 2.79. The Morgan fingerprint density at radius 2 is 1.84 bits per heavy atom. The van der Waals surface area contributed by atoms with E-state index < -0.39 is 12.0 Å². The second kappa shape index (κ2) is 10.6. The van der Waals surface area contributed by atoms with Crippen molar-refractivity contribution >= 4 is 29.7 Å². The molecule has 2 fully saturated rings. The van der Waals surface area contributed by atoms with Crippen LogP contribution in [0.1, 0.15) is 49.9 Å². The lowest BCUT2D eigenvalue weighted by Gasteiger charge is -2.39. The van der Waals surface area contributed by atoms with Gasteiger partial charge in [-0.15, -0.1) is 11.8 Å². The number of nitrogens with zero attached hydrogens (tertiary/aromatic N) is 3. The largest absolute Gasteiger partial charge is 0.467 e. The van der Waals surface area contributed by atoms with Crippen molar-refractivity contribution in [2.75, 3.05) is 39.5 Å². The van der Waals surface area contributed by atoms with Crippen LogP contribution in [-0.4, -0.2) is 78.3 Å². The van der Waals surface area contributed by atoms with E-state index in [4.69, 9.17) is 4.74 Å². The number of amides is 3. The van der Waals surface area contributed by atoms with Crippen LogP contribution < -0.4 is 5.32 Å². The van der Waals surface area contributed by atoms with Gasteiger partial charge in [-0.25, -0.2) is 14.6 Å². The highest BCUT2D eigenvalue weighted by atomic mass is 32.2. The van der Waals surface area contributed by atoms with Crippen molar-refractivity contribution < 1.29 is 19.1 Å². The predicted molar refractivity (Wildman–Crippen MR) is 124 cm³/mol. The van der Waals surface area contributed by atoms with Crippen LogP contribution >= 0.6 is 11.8 Å². The number of thioether (sulfide) groups is 1. The van der Waals surface area contributed by atoms with Gasteiger partial charge in [0, 0.05) is 32.4 Å². The Bertz CT molecular complexity index is 839. The molecule has 2 aliphatic heterocycles. The van der Waals surface area contributed by atoms with E-state index in [1.807, 2.05) is 31.1 Å². The van der Waals surface area contributed by atoms with E-state index in [-0.39, 0.29) is 23.3 Å². The number of rotatable bonds is 6. The van der Waals surface area contributed by atoms with Crippen molar-refractivity contribution in [3.8, 4) is 0 Å². The van der Waals surface area contributed by atoms with E-state index in [0.29, 0.717) is 38.2 Å². The quantitative estimate of drug-likeness (QED) is 0.516. The van der Waals surface area contributed by atoms with Crippen LogP contribution in [0.5, 0.6) is 0 Å². The number of carbonyl (C=O) groups is 3. The first-order valence-electron chi connectivity index (χ1n) is 11.2. The number of hydrogen-bond acceptors (Lipinski definition) is 6. The number of methoxy groups -OCH3 is 1. The summed E-state index contributed by atoms with van der Waals surface area (Å²) >= 11 is 1.48. The van der Waals surface area contributed by atoms with Crippen LogP contribution in [-0.2, 0) is 9.53 Å². The SMILES string of the molecule is COC(=O)C(CC(C)C)NC(=O)N1CCC2(CCN(C(=O)c3cccnc3SC)CC2)C1. The van der Waals surface area contributed by atoms with Gasteiger partial charge in [0.1, 0.15) is 11.1 Å². The number of likely N-dealkylation sites (tertiary alicyclic amines) is 2. The zero-order chi connectivity index (χ0) is 23.3. The van der Waals surface area contributed by atoms with Crippen LogP contribution in [0, 0.1) is 11.3 Å². The van der Waals surface area contributed by atoms with Crippen molar-refractivity contribution in [1.82, 2.24) is 20.1 Å². The van der Waals surface area contributed by atoms with E-state index in [1.54, 1.807) is 17.2 Å². The van der Waals surface area contributed by atoms with Gasteiger partial charge in [0.05, 0.1) is 12.7 Å². The normalized spacial score (nSPS) is 18.7. The first-order chi connectivity index (χ1) is 15.3.